The first-order valence-electron chi connectivity index (χ1n) is 19.8. The highest BCUT2D eigenvalue weighted by atomic mass is 16.5. The van der Waals surface area contributed by atoms with E-state index in [9.17, 15) is 24.0 Å². The lowest BCUT2D eigenvalue weighted by atomic mass is 9.79. The number of likely N-dealkylation sites (N-methyl/N-ethyl adjacent to an activating group) is 1. The molecule has 3 amide bonds. The number of amides is 3. The molecular formula is C42H68N4O7. The molecule has 298 valence electrons. The Morgan fingerprint density at radius 1 is 1.00 bits per heavy atom. The molecule has 1 aromatic carbocycles. The van der Waals surface area contributed by atoms with Crippen LogP contribution in [0.3, 0.4) is 0 Å². The highest BCUT2D eigenvalue weighted by Gasteiger charge is 2.44. The highest BCUT2D eigenvalue weighted by Crippen LogP contribution is 2.32. The molecule has 2 aliphatic rings. The second-order valence-electron chi connectivity index (χ2n) is 16.1. The van der Waals surface area contributed by atoms with E-state index in [4.69, 9.17) is 9.47 Å². The minimum atomic E-state index is -0.675. The number of methoxy groups -OCH3 is 2. The van der Waals surface area contributed by atoms with Gasteiger partial charge < -0.3 is 29.9 Å². The second-order valence-corrected chi connectivity index (χ2v) is 16.1. The van der Waals surface area contributed by atoms with E-state index in [1.807, 2.05) is 51.1 Å². The van der Waals surface area contributed by atoms with Gasteiger partial charge in [-0.1, -0.05) is 71.4 Å². The molecule has 0 radical (unpaired) electrons. The number of carbonyl (C=O) groups excluding carboxylic acids is 5. The number of ether oxygens (including phenoxy) is 2. The fraction of sp³-hybridized carbons (Fsp3) is 0.738. The minimum absolute atomic E-state index is 0.0117. The van der Waals surface area contributed by atoms with E-state index in [0.29, 0.717) is 19.4 Å². The molecule has 11 nitrogen and oxygen atoms in total. The van der Waals surface area contributed by atoms with Crippen molar-refractivity contribution in [3.05, 3.63) is 35.9 Å². The van der Waals surface area contributed by atoms with Crippen molar-refractivity contribution in [2.75, 3.05) is 34.4 Å². The summed E-state index contributed by atoms with van der Waals surface area (Å²) in [7, 11) is 4.92. The third kappa shape index (κ3) is 11.4. The van der Waals surface area contributed by atoms with E-state index in [1.165, 1.54) is 6.92 Å². The van der Waals surface area contributed by atoms with Gasteiger partial charge in [0.1, 0.15) is 0 Å². The van der Waals surface area contributed by atoms with Gasteiger partial charge in [0.2, 0.25) is 17.7 Å². The quantitative estimate of drug-likeness (QED) is 0.191. The molecular weight excluding hydrogens is 672 g/mol. The Labute approximate surface area is 318 Å². The summed E-state index contributed by atoms with van der Waals surface area (Å²) in [5, 5.41) is 6.34. The molecule has 2 saturated heterocycles. The van der Waals surface area contributed by atoms with Crippen molar-refractivity contribution in [1.29, 1.82) is 0 Å². The van der Waals surface area contributed by atoms with Crippen molar-refractivity contribution in [3.8, 4) is 0 Å². The number of rotatable bonds is 20. The van der Waals surface area contributed by atoms with Crippen LogP contribution < -0.4 is 10.6 Å². The predicted octanol–water partition coefficient (Wildman–Crippen LogP) is 4.99. The van der Waals surface area contributed by atoms with Crippen molar-refractivity contribution in [2.45, 2.75) is 142 Å². The molecule has 2 N–H and O–H groups in total. The third-order valence-electron chi connectivity index (χ3n) is 12.1. The summed E-state index contributed by atoms with van der Waals surface area (Å²) in [6, 6.07) is 8.15. The molecule has 11 heteroatoms. The SMILES string of the molecule is CC[C@H](C)[C@@H]([C@@H](CC(=O)N1CCC[C@H]1[C@H](OC)[C@@H](C)C(=O)N[C@@H](Cc1ccccc1)C(C)=O)OC)N(C)C(=O)[C@@H](CC(=O)[C@]1(C)CCCCN1)C(C)C. The maximum absolute atomic E-state index is 14.3. The van der Waals surface area contributed by atoms with E-state index in [-0.39, 0.29) is 60.0 Å². The van der Waals surface area contributed by atoms with Crippen molar-refractivity contribution >= 4 is 29.3 Å². The van der Waals surface area contributed by atoms with Crippen molar-refractivity contribution in [2.24, 2.45) is 23.7 Å². The molecule has 0 bridgehead atoms. The molecule has 1 aromatic rings. The molecule has 9 atom stereocenters. The van der Waals surface area contributed by atoms with Gasteiger partial charge in [-0.05, 0) is 76.3 Å². The lowest BCUT2D eigenvalue weighted by molar-refractivity contribution is -0.149. The van der Waals surface area contributed by atoms with Gasteiger partial charge in [0.25, 0.3) is 0 Å². The largest absolute Gasteiger partial charge is 0.379 e. The normalized spacial score (nSPS) is 23.0. The highest BCUT2D eigenvalue weighted by molar-refractivity contribution is 5.92. The minimum Gasteiger partial charge on any atom is -0.379 e. The zero-order valence-corrected chi connectivity index (χ0v) is 34.1. The van der Waals surface area contributed by atoms with Crippen LogP contribution in [0.5, 0.6) is 0 Å². The summed E-state index contributed by atoms with van der Waals surface area (Å²) in [6.45, 7) is 14.6. The Morgan fingerprint density at radius 3 is 2.23 bits per heavy atom. The molecule has 2 fully saturated rings. The zero-order valence-electron chi connectivity index (χ0n) is 34.1. The molecule has 0 saturated carbocycles. The molecule has 2 aliphatic heterocycles. The number of ketones is 2. The first-order chi connectivity index (χ1) is 25.1. The average Bonchev–Trinajstić information content (AvgIpc) is 3.63. The van der Waals surface area contributed by atoms with Gasteiger partial charge in [0.15, 0.2) is 11.6 Å². The lowest BCUT2D eigenvalue weighted by Crippen LogP contribution is -2.56. The standard InChI is InChI=1S/C42H68N4O7/c1-11-28(4)38(45(8)41(51)32(27(2)3)25-36(48)42(7)21-15-16-22-43-42)35(52-9)26-37(49)46-23-17-20-34(46)39(53-10)29(5)40(50)44-33(30(6)47)24-31-18-13-12-14-19-31/h12-14,18-19,27-29,32-35,38-39,43H,11,15-17,20-26H2,1-10H3,(H,44,50)/t28-,29+,32-,33-,34-,35+,38-,39+,42-/m0/s1. The Morgan fingerprint density at radius 2 is 1.68 bits per heavy atom. The maximum atomic E-state index is 14.3. The van der Waals surface area contributed by atoms with Gasteiger partial charge in [-0.25, -0.2) is 0 Å². The summed E-state index contributed by atoms with van der Waals surface area (Å²) < 4.78 is 12.0. The van der Waals surface area contributed by atoms with Gasteiger partial charge >= 0.3 is 0 Å². The number of hydrogen-bond acceptors (Lipinski definition) is 8. The monoisotopic (exact) mass is 741 g/mol. The molecule has 2 heterocycles. The molecule has 0 aliphatic carbocycles. The number of benzene rings is 1. The lowest BCUT2D eigenvalue weighted by Gasteiger charge is -2.41. The van der Waals surface area contributed by atoms with E-state index in [1.54, 1.807) is 38.0 Å². The van der Waals surface area contributed by atoms with Crippen LogP contribution in [0.1, 0.15) is 105 Å². The van der Waals surface area contributed by atoms with Crippen molar-refractivity contribution < 1.29 is 33.4 Å². The van der Waals surface area contributed by atoms with E-state index >= 15 is 0 Å². The summed E-state index contributed by atoms with van der Waals surface area (Å²) >= 11 is 0. The first kappa shape index (κ1) is 44.2. The van der Waals surface area contributed by atoms with E-state index in [0.717, 1.165) is 44.2 Å². The summed E-state index contributed by atoms with van der Waals surface area (Å²) in [6.07, 6.45) is 4.40. The fourth-order valence-corrected chi connectivity index (χ4v) is 8.34. The molecule has 3 rings (SSSR count). The van der Waals surface area contributed by atoms with Crippen LogP contribution in [0.15, 0.2) is 30.3 Å². The van der Waals surface area contributed by atoms with Crippen LogP contribution >= 0.6 is 0 Å². The molecule has 0 unspecified atom stereocenters. The zero-order chi connectivity index (χ0) is 39.5. The van der Waals surface area contributed by atoms with Crippen LogP contribution in [0.25, 0.3) is 0 Å². The van der Waals surface area contributed by atoms with Crippen LogP contribution in [0.4, 0.5) is 0 Å². The number of carbonyl (C=O) groups is 5. The van der Waals surface area contributed by atoms with Gasteiger partial charge in [-0.15, -0.1) is 0 Å². The average molecular weight is 741 g/mol. The van der Waals surface area contributed by atoms with Gasteiger partial charge in [0, 0.05) is 40.2 Å². The van der Waals surface area contributed by atoms with Gasteiger partial charge in [-0.2, -0.15) is 0 Å². The molecule has 53 heavy (non-hydrogen) atoms. The van der Waals surface area contributed by atoms with Crippen molar-refractivity contribution in [3.63, 3.8) is 0 Å². The second kappa shape index (κ2) is 20.5. The van der Waals surface area contributed by atoms with Crippen LogP contribution in [0.2, 0.25) is 0 Å². The Kier molecular flexibility index (Phi) is 17.1. The summed E-state index contributed by atoms with van der Waals surface area (Å²) in [4.78, 5) is 71.8. The number of nitrogens with one attached hydrogen (secondary N) is 2. The molecule has 0 spiro atoms. The van der Waals surface area contributed by atoms with Crippen LogP contribution in [-0.4, -0.2) is 109 Å². The fourth-order valence-electron chi connectivity index (χ4n) is 8.34. The number of Topliss-reactive ketones (excluding diaryl/α,β-unsaturated/α-hetero) is 2. The smallest absolute Gasteiger partial charge is 0.226 e. The number of nitrogens with zero attached hydrogens (tertiary/aromatic N) is 2. The Balaban J connectivity index is 1.76. The number of piperidine rings is 1. The Hall–Kier alpha value is -3.15. The van der Waals surface area contributed by atoms with Gasteiger partial charge in [-0.3, -0.25) is 24.0 Å². The first-order valence-corrected chi connectivity index (χ1v) is 19.8. The number of hydrogen-bond donors (Lipinski definition) is 2. The summed E-state index contributed by atoms with van der Waals surface area (Å²) in [5.41, 5.74) is 0.329. The summed E-state index contributed by atoms with van der Waals surface area (Å²) in [5.74, 6) is -1.77. The van der Waals surface area contributed by atoms with E-state index < -0.39 is 41.7 Å². The van der Waals surface area contributed by atoms with Crippen LogP contribution in [0, 0.1) is 23.7 Å². The predicted molar refractivity (Wildman–Crippen MR) is 207 cm³/mol. The Bertz CT molecular complexity index is 1360. The topological polar surface area (TPSA) is 134 Å². The maximum Gasteiger partial charge on any atom is 0.226 e. The van der Waals surface area contributed by atoms with Crippen molar-refractivity contribution in [1.82, 2.24) is 20.4 Å². The molecule has 0 aromatic heterocycles. The van der Waals surface area contributed by atoms with Gasteiger partial charge in [0.05, 0.1) is 48.2 Å². The number of likely N-dealkylation sites (tertiary alicyclic amines) is 1. The van der Waals surface area contributed by atoms with E-state index in [2.05, 4.69) is 24.5 Å². The third-order valence-corrected chi connectivity index (χ3v) is 12.1. The van der Waals surface area contributed by atoms with Crippen LogP contribution in [-0.2, 0) is 39.9 Å².